The van der Waals surface area contributed by atoms with Crippen molar-refractivity contribution in [3.8, 4) is 5.75 Å². The molecule has 0 N–H and O–H groups in total. The Morgan fingerprint density at radius 2 is 2.20 bits per heavy atom. The van der Waals surface area contributed by atoms with Gasteiger partial charge >= 0.3 is 0 Å². The molecular weight excluding hydrogens is 216 g/mol. The second-order valence-corrected chi connectivity index (χ2v) is 3.36. The number of hydrogen-bond donors (Lipinski definition) is 0. The number of hydrogen-bond acceptors (Lipinski definition) is 3. The van der Waals surface area contributed by atoms with Gasteiger partial charge in [-0.2, -0.15) is 0 Å². The van der Waals surface area contributed by atoms with Crippen LogP contribution in [-0.4, -0.2) is 25.6 Å². The summed E-state index contributed by atoms with van der Waals surface area (Å²) in [4.78, 5) is 11.2. The number of rotatable bonds is 6. The lowest BCUT2D eigenvalue weighted by atomic mass is 10.3. The number of benzene rings is 1. The van der Waals surface area contributed by atoms with Crippen LogP contribution in [0, 0.1) is 0 Å². The molecule has 1 aromatic rings. The molecule has 0 aliphatic heterocycles. The van der Waals surface area contributed by atoms with Crippen LogP contribution in [0.3, 0.4) is 0 Å². The van der Waals surface area contributed by atoms with Gasteiger partial charge in [-0.15, -0.1) is 0 Å². The Kier molecular flexibility index (Phi) is 5.15. The number of ketones is 1. The second kappa shape index (κ2) is 6.43. The number of carbonyl (C=O) groups is 1. The highest BCUT2D eigenvalue weighted by Crippen LogP contribution is 2.16. The molecule has 1 rings (SSSR count). The predicted octanol–water partition coefficient (Wildman–Crippen LogP) is 2.32. The van der Waals surface area contributed by atoms with E-state index in [0.29, 0.717) is 17.4 Å². The minimum atomic E-state index is -0.0863. The minimum Gasteiger partial charge on any atom is -0.486 e. The van der Waals surface area contributed by atoms with E-state index in [0.717, 1.165) is 0 Å². The zero-order valence-electron chi connectivity index (χ0n) is 8.53. The van der Waals surface area contributed by atoms with E-state index in [1.54, 1.807) is 24.3 Å². The van der Waals surface area contributed by atoms with E-state index in [9.17, 15) is 4.79 Å². The molecule has 82 valence electrons. The van der Waals surface area contributed by atoms with Crippen molar-refractivity contribution in [3.05, 3.63) is 29.3 Å². The Morgan fingerprint density at radius 1 is 1.40 bits per heavy atom. The quantitative estimate of drug-likeness (QED) is 0.750. The third-order valence-electron chi connectivity index (χ3n) is 1.66. The lowest BCUT2D eigenvalue weighted by molar-refractivity contribution is -0.125. The van der Waals surface area contributed by atoms with Gasteiger partial charge in [0.05, 0.1) is 0 Å². The van der Waals surface area contributed by atoms with Gasteiger partial charge < -0.3 is 9.47 Å². The van der Waals surface area contributed by atoms with E-state index >= 15 is 0 Å². The lowest BCUT2D eigenvalue weighted by Gasteiger charge is -2.05. The van der Waals surface area contributed by atoms with Gasteiger partial charge in [-0.25, -0.2) is 0 Å². The van der Waals surface area contributed by atoms with E-state index < -0.39 is 0 Å². The summed E-state index contributed by atoms with van der Waals surface area (Å²) in [5, 5.41) is 0.588. The molecule has 0 aromatic heterocycles. The van der Waals surface area contributed by atoms with Gasteiger partial charge in [-0.1, -0.05) is 17.7 Å². The monoisotopic (exact) mass is 228 g/mol. The Labute approximate surface area is 93.9 Å². The van der Waals surface area contributed by atoms with Crippen LogP contribution >= 0.6 is 11.6 Å². The van der Waals surface area contributed by atoms with Crippen molar-refractivity contribution >= 4 is 17.4 Å². The van der Waals surface area contributed by atoms with Gasteiger partial charge in [-0.05, 0) is 25.1 Å². The molecule has 0 saturated carbocycles. The van der Waals surface area contributed by atoms with Crippen molar-refractivity contribution in [2.75, 3.05) is 19.8 Å². The molecule has 15 heavy (non-hydrogen) atoms. The van der Waals surface area contributed by atoms with Crippen molar-refractivity contribution in [3.63, 3.8) is 0 Å². The highest BCUT2D eigenvalue weighted by Gasteiger charge is 2.02. The number of Topliss-reactive ketones (excluding diaryl/α,β-unsaturated/α-hetero) is 1. The molecular formula is C11H13ClO3. The van der Waals surface area contributed by atoms with Crippen molar-refractivity contribution in [1.29, 1.82) is 0 Å². The molecule has 3 nitrogen and oxygen atoms in total. The Hall–Kier alpha value is -1.06. The van der Waals surface area contributed by atoms with E-state index in [-0.39, 0.29) is 19.0 Å². The SMILES string of the molecule is CCOCC(=O)COc1cccc(Cl)c1. The molecule has 0 aliphatic rings. The third-order valence-corrected chi connectivity index (χ3v) is 1.90. The minimum absolute atomic E-state index is 0.0142. The molecule has 0 radical (unpaired) electrons. The summed E-state index contributed by atoms with van der Waals surface area (Å²) in [5.41, 5.74) is 0. The van der Waals surface area contributed by atoms with E-state index in [1.165, 1.54) is 0 Å². The van der Waals surface area contributed by atoms with Crippen LogP contribution in [0.25, 0.3) is 0 Å². The van der Waals surface area contributed by atoms with E-state index in [2.05, 4.69) is 0 Å². The maximum absolute atomic E-state index is 11.2. The summed E-state index contributed by atoms with van der Waals surface area (Å²) in [5.74, 6) is 0.504. The standard InChI is InChI=1S/C11H13ClO3/c1-2-14-7-10(13)8-15-11-5-3-4-9(12)6-11/h3-6H,2,7-8H2,1H3. The molecule has 0 unspecified atom stereocenters. The van der Waals surface area contributed by atoms with Crippen LogP contribution in [0.5, 0.6) is 5.75 Å². The molecule has 0 saturated heterocycles. The van der Waals surface area contributed by atoms with Gasteiger partial charge in [0.1, 0.15) is 19.0 Å². The fourth-order valence-corrected chi connectivity index (χ4v) is 1.16. The van der Waals surface area contributed by atoms with Gasteiger partial charge in [0, 0.05) is 11.6 Å². The molecule has 0 fully saturated rings. The molecule has 0 amide bonds. The van der Waals surface area contributed by atoms with Crippen molar-refractivity contribution in [2.24, 2.45) is 0 Å². The van der Waals surface area contributed by atoms with Gasteiger partial charge in [0.25, 0.3) is 0 Å². The summed E-state index contributed by atoms with van der Waals surface area (Å²) >= 11 is 5.75. The average molecular weight is 229 g/mol. The van der Waals surface area contributed by atoms with Crippen LogP contribution in [0.4, 0.5) is 0 Å². The first-order chi connectivity index (χ1) is 7.22. The largest absolute Gasteiger partial charge is 0.486 e. The maximum atomic E-state index is 11.2. The molecule has 0 atom stereocenters. The Balaban J connectivity index is 2.33. The summed E-state index contributed by atoms with van der Waals surface area (Å²) in [7, 11) is 0. The molecule has 1 aromatic carbocycles. The second-order valence-electron chi connectivity index (χ2n) is 2.92. The highest BCUT2D eigenvalue weighted by molar-refractivity contribution is 6.30. The topological polar surface area (TPSA) is 35.5 Å². The molecule has 0 spiro atoms. The van der Waals surface area contributed by atoms with Crippen molar-refractivity contribution in [2.45, 2.75) is 6.92 Å². The first-order valence-electron chi connectivity index (χ1n) is 4.70. The highest BCUT2D eigenvalue weighted by atomic mass is 35.5. The molecule has 0 aliphatic carbocycles. The van der Waals surface area contributed by atoms with E-state index in [1.807, 2.05) is 6.92 Å². The van der Waals surface area contributed by atoms with Crippen LogP contribution in [-0.2, 0) is 9.53 Å². The Bertz CT molecular complexity index is 325. The zero-order valence-corrected chi connectivity index (χ0v) is 9.29. The molecule has 0 bridgehead atoms. The van der Waals surface area contributed by atoms with Gasteiger partial charge in [-0.3, -0.25) is 4.79 Å². The van der Waals surface area contributed by atoms with Gasteiger partial charge in [0.15, 0.2) is 5.78 Å². The number of carbonyl (C=O) groups excluding carboxylic acids is 1. The van der Waals surface area contributed by atoms with Crippen LogP contribution in [0.1, 0.15) is 6.92 Å². The van der Waals surface area contributed by atoms with Crippen LogP contribution < -0.4 is 4.74 Å². The maximum Gasteiger partial charge on any atom is 0.195 e. The van der Waals surface area contributed by atoms with Crippen LogP contribution in [0.2, 0.25) is 5.02 Å². The van der Waals surface area contributed by atoms with Gasteiger partial charge in [0.2, 0.25) is 0 Å². The lowest BCUT2D eigenvalue weighted by Crippen LogP contribution is -2.17. The fourth-order valence-electron chi connectivity index (χ4n) is 0.978. The average Bonchev–Trinajstić information content (AvgIpc) is 2.23. The van der Waals surface area contributed by atoms with Crippen molar-refractivity contribution < 1.29 is 14.3 Å². The summed E-state index contributed by atoms with van der Waals surface area (Å²) < 4.78 is 10.2. The van der Waals surface area contributed by atoms with Crippen molar-refractivity contribution in [1.82, 2.24) is 0 Å². The summed E-state index contributed by atoms with van der Waals surface area (Å²) in [6.45, 7) is 2.48. The summed E-state index contributed by atoms with van der Waals surface area (Å²) in [6.07, 6.45) is 0. The third kappa shape index (κ3) is 4.81. The number of halogens is 1. The predicted molar refractivity (Wildman–Crippen MR) is 58.4 cm³/mol. The Morgan fingerprint density at radius 3 is 2.87 bits per heavy atom. The molecule has 4 heteroatoms. The first-order valence-corrected chi connectivity index (χ1v) is 5.08. The summed E-state index contributed by atoms with van der Waals surface area (Å²) in [6, 6.07) is 6.93. The normalized spacial score (nSPS) is 10.0. The smallest absolute Gasteiger partial charge is 0.195 e. The van der Waals surface area contributed by atoms with Crippen LogP contribution in [0.15, 0.2) is 24.3 Å². The first kappa shape index (κ1) is 12.0. The van der Waals surface area contributed by atoms with E-state index in [4.69, 9.17) is 21.1 Å². The number of ether oxygens (including phenoxy) is 2. The zero-order chi connectivity index (χ0) is 11.1. The fraction of sp³-hybridized carbons (Fsp3) is 0.364. The molecule has 0 heterocycles.